The van der Waals surface area contributed by atoms with Gasteiger partial charge in [-0.1, -0.05) is 30.3 Å². The van der Waals surface area contributed by atoms with Crippen molar-refractivity contribution >= 4 is 21.7 Å². The minimum atomic E-state index is -3.16. The molecule has 1 aromatic rings. The summed E-state index contributed by atoms with van der Waals surface area (Å²) in [5, 5.41) is 11.6. The van der Waals surface area contributed by atoms with E-state index in [1.54, 1.807) is 24.3 Å². The normalized spacial score (nSPS) is 21.6. The zero-order chi connectivity index (χ0) is 15.5. The summed E-state index contributed by atoms with van der Waals surface area (Å²) in [5.41, 5.74) is 0.796. The molecule has 2 rings (SSSR count). The molecule has 1 heterocycles. The van der Waals surface area contributed by atoms with Crippen LogP contribution in [0.1, 0.15) is 12.0 Å². The van der Waals surface area contributed by atoms with Crippen LogP contribution >= 0.6 is 0 Å². The molecule has 1 amide bonds. The number of benzene rings is 1. The van der Waals surface area contributed by atoms with Crippen molar-refractivity contribution in [3.8, 4) is 0 Å². The molecule has 114 valence electrons. The second-order valence-electron chi connectivity index (χ2n) is 5.19. The third-order valence-electron chi connectivity index (χ3n) is 3.50. The Morgan fingerprint density at radius 1 is 1.29 bits per heavy atom. The van der Waals surface area contributed by atoms with Crippen LogP contribution in [0.25, 0.3) is 0 Å². The molecule has 0 aliphatic carbocycles. The smallest absolute Gasteiger partial charge is 0.326 e. The molecular weight excluding hydrogens is 294 g/mol. The van der Waals surface area contributed by atoms with Gasteiger partial charge in [-0.2, -0.15) is 0 Å². The van der Waals surface area contributed by atoms with E-state index in [9.17, 15) is 23.1 Å². The first-order chi connectivity index (χ1) is 9.87. The summed E-state index contributed by atoms with van der Waals surface area (Å²) in [6.07, 6.45) is 0.424. The molecule has 2 N–H and O–H groups in total. The van der Waals surface area contributed by atoms with E-state index in [4.69, 9.17) is 0 Å². The van der Waals surface area contributed by atoms with Gasteiger partial charge in [-0.3, -0.25) is 4.79 Å². The largest absolute Gasteiger partial charge is 0.480 e. The Balaban J connectivity index is 2.00. The maximum atomic E-state index is 12.0. The summed E-state index contributed by atoms with van der Waals surface area (Å²) in [6, 6.07) is 7.91. The van der Waals surface area contributed by atoms with Crippen molar-refractivity contribution in [1.29, 1.82) is 0 Å². The Labute approximate surface area is 123 Å². The SMILES string of the molecule is O=C(N[C@@H](Cc1ccccc1)C(=O)O)[C@H]1CCS(=O)(=O)C1. The first kappa shape index (κ1) is 15.5. The summed E-state index contributed by atoms with van der Waals surface area (Å²) in [7, 11) is -3.16. The number of hydrogen-bond acceptors (Lipinski definition) is 4. The molecule has 0 spiro atoms. The quantitative estimate of drug-likeness (QED) is 0.811. The number of rotatable bonds is 5. The van der Waals surface area contributed by atoms with Gasteiger partial charge in [-0.05, 0) is 12.0 Å². The molecule has 0 bridgehead atoms. The number of carbonyl (C=O) groups is 2. The number of carboxylic acid groups (broad SMARTS) is 1. The van der Waals surface area contributed by atoms with Gasteiger partial charge in [-0.25, -0.2) is 13.2 Å². The number of nitrogens with one attached hydrogen (secondary N) is 1. The maximum Gasteiger partial charge on any atom is 0.326 e. The van der Waals surface area contributed by atoms with Crippen molar-refractivity contribution in [2.45, 2.75) is 18.9 Å². The van der Waals surface area contributed by atoms with Crippen LogP contribution in [-0.2, 0) is 25.8 Å². The monoisotopic (exact) mass is 311 g/mol. The van der Waals surface area contributed by atoms with Crippen LogP contribution in [-0.4, -0.2) is 42.9 Å². The topological polar surface area (TPSA) is 101 Å². The van der Waals surface area contributed by atoms with Gasteiger partial charge in [0, 0.05) is 6.42 Å². The first-order valence-corrected chi connectivity index (χ1v) is 8.47. The Bertz CT molecular complexity index is 626. The predicted octanol–water partition coefficient (Wildman–Crippen LogP) is 0.233. The van der Waals surface area contributed by atoms with Gasteiger partial charge in [0.1, 0.15) is 6.04 Å². The lowest BCUT2D eigenvalue weighted by Crippen LogP contribution is -2.45. The lowest BCUT2D eigenvalue weighted by Gasteiger charge is -2.17. The van der Waals surface area contributed by atoms with Gasteiger partial charge >= 0.3 is 5.97 Å². The highest BCUT2D eigenvalue weighted by atomic mass is 32.2. The zero-order valence-electron chi connectivity index (χ0n) is 11.4. The van der Waals surface area contributed by atoms with E-state index in [0.29, 0.717) is 0 Å². The third kappa shape index (κ3) is 4.29. The van der Waals surface area contributed by atoms with E-state index >= 15 is 0 Å². The standard InChI is InChI=1S/C14H17NO5S/c16-13(11-6-7-21(19,20)9-11)15-12(14(17)18)8-10-4-2-1-3-5-10/h1-5,11-12H,6-9H2,(H,15,16)(H,17,18)/t11-,12-/m0/s1. The Morgan fingerprint density at radius 2 is 1.95 bits per heavy atom. The fraction of sp³-hybridized carbons (Fsp3) is 0.429. The fourth-order valence-electron chi connectivity index (χ4n) is 2.34. The molecule has 0 unspecified atom stereocenters. The van der Waals surface area contributed by atoms with E-state index in [1.165, 1.54) is 0 Å². The number of carboxylic acids is 1. The fourth-order valence-corrected chi connectivity index (χ4v) is 4.08. The van der Waals surface area contributed by atoms with Crippen molar-refractivity contribution in [2.75, 3.05) is 11.5 Å². The van der Waals surface area contributed by atoms with Crippen LogP contribution in [0.15, 0.2) is 30.3 Å². The van der Waals surface area contributed by atoms with Crippen LogP contribution in [0.3, 0.4) is 0 Å². The lowest BCUT2D eigenvalue weighted by molar-refractivity contribution is -0.142. The molecule has 1 saturated heterocycles. The Morgan fingerprint density at radius 3 is 2.48 bits per heavy atom. The molecule has 2 atom stereocenters. The molecule has 1 aliphatic rings. The molecule has 1 aliphatic heterocycles. The average Bonchev–Trinajstić information content (AvgIpc) is 2.79. The van der Waals surface area contributed by atoms with Crippen LogP contribution < -0.4 is 5.32 Å². The van der Waals surface area contributed by atoms with Gasteiger partial charge in [0.05, 0.1) is 17.4 Å². The molecular formula is C14H17NO5S. The Kier molecular flexibility index (Phi) is 4.62. The molecule has 7 heteroatoms. The van der Waals surface area contributed by atoms with Crippen molar-refractivity contribution in [1.82, 2.24) is 5.32 Å². The minimum absolute atomic E-state index is 0.0124. The van der Waals surface area contributed by atoms with Crippen molar-refractivity contribution in [3.05, 3.63) is 35.9 Å². The number of sulfone groups is 1. The third-order valence-corrected chi connectivity index (χ3v) is 5.27. The number of hydrogen-bond donors (Lipinski definition) is 2. The van der Waals surface area contributed by atoms with Crippen molar-refractivity contribution in [3.63, 3.8) is 0 Å². The molecule has 1 aromatic carbocycles. The van der Waals surface area contributed by atoms with Crippen molar-refractivity contribution in [2.24, 2.45) is 5.92 Å². The second kappa shape index (κ2) is 6.26. The van der Waals surface area contributed by atoms with Gasteiger partial charge in [0.15, 0.2) is 9.84 Å². The minimum Gasteiger partial charge on any atom is -0.480 e. The summed E-state index contributed by atoms with van der Waals surface area (Å²) >= 11 is 0. The van der Waals surface area contributed by atoms with Crippen LogP contribution in [0, 0.1) is 5.92 Å². The first-order valence-electron chi connectivity index (χ1n) is 6.65. The molecule has 0 aromatic heterocycles. The summed E-state index contributed by atoms with van der Waals surface area (Å²) in [5.74, 6) is -2.49. The van der Waals surface area contributed by atoms with E-state index in [1.807, 2.05) is 6.07 Å². The van der Waals surface area contributed by atoms with Crippen LogP contribution in [0.2, 0.25) is 0 Å². The zero-order valence-corrected chi connectivity index (χ0v) is 12.2. The van der Waals surface area contributed by atoms with Gasteiger partial charge in [0.2, 0.25) is 5.91 Å². The van der Waals surface area contributed by atoms with Gasteiger partial charge in [-0.15, -0.1) is 0 Å². The van der Waals surface area contributed by atoms with Crippen LogP contribution in [0.4, 0.5) is 0 Å². The highest BCUT2D eigenvalue weighted by Gasteiger charge is 2.34. The lowest BCUT2D eigenvalue weighted by atomic mass is 10.0. The predicted molar refractivity (Wildman–Crippen MR) is 76.5 cm³/mol. The van der Waals surface area contributed by atoms with E-state index in [2.05, 4.69) is 5.32 Å². The number of amides is 1. The van der Waals surface area contributed by atoms with E-state index in [0.717, 1.165) is 5.56 Å². The highest BCUT2D eigenvalue weighted by molar-refractivity contribution is 7.91. The summed E-state index contributed by atoms with van der Waals surface area (Å²) < 4.78 is 22.7. The van der Waals surface area contributed by atoms with Gasteiger partial charge in [0.25, 0.3) is 0 Å². The molecule has 0 radical (unpaired) electrons. The van der Waals surface area contributed by atoms with Crippen LogP contribution in [0.5, 0.6) is 0 Å². The average molecular weight is 311 g/mol. The molecule has 6 nitrogen and oxygen atoms in total. The summed E-state index contributed by atoms with van der Waals surface area (Å²) in [6.45, 7) is 0. The maximum absolute atomic E-state index is 12.0. The molecule has 0 saturated carbocycles. The Hall–Kier alpha value is -1.89. The molecule has 21 heavy (non-hydrogen) atoms. The molecule has 1 fully saturated rings. The van der Waals surface area contributed by atoms with E-state index < -0.39 is 33.7 Å². The summed E-state index contributed by atoms with van der Waals surface area (Å²) in [4.78, 5) is 23.2. The second-order valence-corrected chi connectivity index (χ2v) is 7.42. The number of carbonyl (C=O) groups excluding carboxylic acids is 1. The van der Waals surface area contributed by atoms with Crippen molar-refractivity contribution < 1.29 is 23.1 Å². The number of aliphatic carboxylic acids is 1. The van der Waals surface area contributed by atoms with E-state index in [-0.39, 0.29) is 24.3 Å². The van der Waals surface area contributed by atoms with Gasteiger partial charge < -0.3 is 10.4 Å². The highest BCUT2D eigenvalue weighted by Crippen LogP contribution is 2.18.